The molecule has 24 heavy (non-hydrogen) atoms. The van der Waals surface area contributed by atoms with Crippen LogP contribution in [0.5, 0.6) is 5.75 Å². The van der Waals surface area contributed by atoms with E-state index in [2.05, 4.69) is 20.9 Å². The summed E-state index contributed by atoms with van der Waals surface area (Å²) >= 11 is 4.42. The molecule has 0 bridgehead atoms. The average molecular weight is 402 g/mol. The van der Waals surface area contributed by atoms with Crippen molar-refractivity contribution < 1.29 is 10.0 Å². The van der Waals surface area contributed by atoms with Gasteiger partial charge in [0, 0.05) is 17.7 Å². The van der Waals surface area contributed by atoms with Gasteiger partial charge in [-0.2, -0.15) is 5.26 Å². The number of para-hydroxylation sites is 1. The summed E-state index contributed by atoms with van der Waals surface area (Å²) in [6.07, 6.45) is 1.39. The first-order valence-electron chi connectivity index (χ1n) is 6.64. The number of allylic oxidation sites excluding steroid dienone is 1. The Morgan fingerprint density at radius 1 is 1.42 bits per heavy atom. The maximum absolute atomic E-state index is 11.0. The normalized spacial score (nSPS) is 11.4. The number of phenolic OH excluding ortho intramolecular Hbond substituents is 1. The topological polar surface area (TPSA) is 100 Å². The van der Waals surface area contributed by atoms with Gasteiger partial charge in [0.05, 0.1) is 25.2 Å². The van der Waals surface area contributed by atoms with Gasteiger partial charge in [-0.25, -0.2) is 4.98 Å². The van der Waals surface area contributed by atoms with Crippen LogP contribution in [0.15, 0.2) is 40.9 Å². The second-order valence-corrected chi connectivity index (χ2v) is 6.66. The van der Waals surface area contributed by atoms with E-state index >= 15 is 0 Å². The molecule has 118 valence electrons. The summed E-state index contributed by atoms with van der Waals surface area (Å²) in [7, 11) is 0. The molecule has 0 amide bonds. The SMILES string of the molecule is N#C/C(=C/c1cc([N+](=O)[O-])cc(Br)c1O)c1nc2ccccc2s1. The Kier molecular flexibility index (Phi) is 4.29. The molecule has 0 radical (unpaired) electrons. The predicted molar refractivity (Wildman–Crippen MR) is 95.6 cm³/mol. The van der Waals surface area contributed by atoms with E-state index in [-0.39, 0.29) is 27.0 Å². The molecule has 0 spiro atoms. The number of halogens is 1. The van der Waals surface area contributed by atoms with Crippen molar-refractivity contribution in [1.29, 1.82) is 5.26 Å². The van der Waals surface area contributed by atoms with Crippen LogP contribution in [0.4, 0.5) is 5.69 Å². The number of fused-ring (bicyclic) bond motifs is 1. The van der Waals surface area contributed by atoms with Gasteiger partial charge in [0.2, 0.25) is 0 Å². The van der Waals surface area contributed by atoms with Crippen LogP contribution in [0, 0.1) is 21.4 Å². The van der Waals surface area contributed by atoms with Gasteiger partial charge in [-0.15, -0.1) is 11.3 Å². The molecule has 0 unspecified atom stereocenters. The van der Waals surface area contributed by atoms with Crippen molar-refractivity contribution in [3.8, 4) is 11.8 Å². The number of phenols is 1. The number of nitriles is 1. The van der Waals surface area contributed by atoms with Crippen LogP contribution in [0.1, 0.15) is 10.6 Å². The van der Waals surface area contributed by atoms with E-state index < -0.39 is 4.92 Å². The molecule has 3 aromatic rings. The molecule has 1 aromatic heterocycles. The Balaban J connectivity index is 2.14. The van der Waals surface area contributed by atoms with Gasteiger partial charge in [0.25, 0.3) is 5.69 Å². The maximum Gasteiger partial charge on any atom is 0.271 e. The zero-order valence-corrected chi connectivity index (χ0v) is 14.3. The summed E-state index contributed by atoms with van der Waals surface area (Å²) in [6.45, 7) is 0. The lowest BCUT2D eigenvalue weighted by Gasteiger charge is -2.03. The van der Waals surface area contributed by atoms with Gasteiger partial charge in [0.1, 0.15) is 16.8 Å². The number of nitro groups is 1. The van der Waals surface area contributed by atoms with Crippen LogP contribution in [0.2, 0.25) is 0 Å². The second kappa shape index (κ2) is 6.39. The minimum absolute atomic E-state index is 0.172. The molecule has 0 fully saturated rings. The molecule has 2 aromatic carbocycles. The molecule has 0 aliphatic rings. The highest BCUT2D eigenvalue weighted by atomic mass is 79.9. The lowest BCUT2D eigenvalue weighted by atomic mass is 10.1. The standard InChI is InChI=1S/C16H8BrN3O3S/c17-12-7-11(20(22)23)6-9(15(12)21)5-10(8-18)16-19-13-3-1-2-4-14(13)24-16/h1-7,21H/b10-5-. The molecular weight excluding hydrogens is 394 g/mol. The smallest absolute Gasteiger partial charge is 0.271 e. The van der Waals surface area contributed by atoms with Gasteiger partial charge < -0.3 is 5.11 Å². The van der Waals surface area contributed by atoms with Gasteiger partial charge in [-0.1, -0.05) is 12.1 Å². The Labute approximate surface area is 148 Å². The second-order valence-electron chi connectivity index (χ2n) is 4.78. The minimum atomic E-state index is -0.564. The Bertz CT molecular complexity index is 1000. The first kappa shape index (κ1) is 16.1. The molecule has 8 heteroatoms. The lowest BCUT2D eigenvalue weighted by molar-refractivity contribution is -0.385. The third-order valence-corrected chi connectivity index (χ3v) is 4.91. The van der Waals surface area contributed by atoms with Crippen molar-refractivity contribution in [2.75, 3.05) is 0 Å². The number of thiazole rings is 1. The Hall–Kier alpha value is -2.76. The largest absolute Gasteiger partial charge is 0.506 e. The summed E-state index contributed by atoms with van der Waals surface area (Å²) in [5, 5.41) is 31.0. The summed E-state index contributed by atoms with van der Waals surface area (Å²) in [4.78, 5) is 14.8. The number of non-ortho nitro benzene ring substituents is 1. The van der Waals surface area contributed by atoms with E-state index in [9.17, 15) is 20.5 Å². The van der Waals surface area contributed by atoms with Crippen molar-refractivity contribution in [3.63, 3.8) is 0 Å². The molecule has 1 N–H and O–H groups in total. The van der Waals surface area contributed by atoms with Crippen molar-refractivity contribution in [2.24, 2.45) is 0 Å². The predicted octanol–water partition coefficient (Wildman–Crippen LogP) is 4.74. The highest BCUT2D eigenvalue weighted by Crippen LogP contribution is 2.35. The first-order chi connectivity index (χ1) is 11.5. The monoisotopic (exact) mass is 401 g/mol. The van der Waals surface area contributed by atoms with Crippen LogP contribution >= 0.6 is 27.3 Å². The van der Waals surface area contributed by atoms with Crippen LogP contribution in [-0.4, -0.2) is 15.0 Å². The van der Waals surface area contributed by atoms with Crippen LogP contribution < -0.4 is 0 Å². The molecular formula is C16H8BrN3O3S. The maximum atomic E-state index is 11.0. The van der Waals surface area contributed by atoms with Crippen LogP contribution in [0.3, 0.4) is 0 Å². The first-order valence-corrected chi connectivity index (χ1v) is 8.25. The zero-order chi connectivity index (χ0) is 17.3. The Morgan fingerprint density at radius 3 is 2.83 bits per heavy atom. The van der Waals surface area contributed by atoms with E-state index in [1.807, 2.05) is 30.3 Å². The quantitative estimate of drug-likeness (QED) is 0.388. The number of hydrogen-bond acceptors (Lipinski definition) is 6. The highest BCUT2D eigenvalue weighted by molar-refractivity contribution is 9.10. The number of aromatic hydroxyl groups is 1. The van der Waals surface area contributed by atoms with Crippen molar-refractivity contribution in [1.82, 2.24) is 4.98 Å². The summed E-state index contributed by atoms with van der Waals surface area (Å²) in [5.74, 6) is -0.172. The molecule has 0 aliphatic heterocycles. The summed E-state index contributed by atoms with van der Waals surface area (Å²) in [6, 6.07) is 11.9. The fraction of sp³-hybridized carbons (Fsp3) is 0. The van der Waals surface area contributed by atoms with E-state index in [0.29, 0.717) is 5.01 Å². The third kappa shape index (κ3) is 2.99. The van der Waals surface area contributed by atoms with Crippen molar-refractivity contribution in [2.45, 2.75) is 0 Å². The molecule has 0 atom stereocenters. The molecule has 3 rings (SSSR count). The van der Waals surface area contributed by atoms with Crippen LogP contribution in [-0.2, 0) is 0 Å². The van der Waals surface area contributed by atoms with Gasteiger partial charge >= 0.3 is 0 Å². The van der Waals surface area contributed by atoms with E-state index in [4.69, 9.17) is 0 Å². The Morgan fingerprint density at radius 2 is 2.17 bits per heavy atom. The molecule has 0 saturated carbocycles. The zero-order valence-electron chi connectivity index (χ0n) is 11.9. The van der Waals surface area contributed by atoms with E-state index in [1.54, 1.807) is 0 Å². The lowest BCUT2D eigenvalue weighted by Crippen LogP contribution is -1.90. The van der Waals surface area contributed by atoms with Crippen LogP contribution in [0.25, 0.3) is 21.9 Å². The fourth-order valence-corrected chi connectivity index (χ4v) is 3.50. The van der Waals surface area contributed by atoms with E-state index in [1.165, 1.54) is 29.5 Å². The van der Waals surface area contributed by atoms with Crippen molar-refractivity contribution >= 4 is 54.8 Å². The molecule has 0 aliphatic carbocycles. The molecule has 6 nitrogen and oxygen atoms in total. The number of rotatable bonds is 3. The summed E-state index contributed by atoms with van der Waals surface area (Å²) < 4.78 is 1.11. The highest BCUT2D eigenvalue weighted by Gasteiger charge is 2.16. The molecule has 1 heterocycles. The average Bonchev–Trinajstić information content (AvgIpc) is 2.99. The number of benzene rings is 2. The summed E-state index contributed by atoms with van der Waals surface area (Å²) in [5.41, 5.74) is 0.974. The van der Waals surface area contributed by atoms with Crippen molar-refractivity contribution in [3.05, 3.63) is 61.6 Å². The van der Waals surface area contributed by atoms with Gasteiger partial charge in [-0.3, -0.25) is 10.1 Å². The number of hydrogen-bond donors (Lipinski definition) is 1. The number of nitrogens with zero attached hydrogens (tertiary/aromatic N) is 3. The number of nitro benzene ring substituents is 1. The minimum Gasteiger partial charge on any atom is -0.506 e. The van der Waals surface area contributed by atoms with Gasteiger partial charge in [-0.05, 0) is 34.1 Å². The number of aromatic nitrogens is 1. The third-order valence-electron chi connectivity index (χ3n) is 3.23. The van der Waals surface area contributed by atoms with E-state index in [0.717, 1.165) is 10.2 Å². The van der Waals surface area contributed by atoms with Gasteiger partial charge in [0.15, 0.2) is 0 Å². The molecule has 0 saturated heterocycles. The fourth-order valence-electron chi connectivity index (χ4n) is 2.11.